The van der Waals surface area contributed by atoms with E-state index >= 15 is 0 Å². The summed E-state index contributed by atoms with van der Waals surface area (Å²) in [5.74, 6) is 1.84. The van der Waals surface area contributed by atoms with E-state index in [4.69, 9.17) is 9.15 Å². The molecule has 0 aliphatic carbocycles. The Hall–Kier alpha value is -1.29. The summed E-state index contributed by atoms with van der Waals surface area (Å²) in [6.45, 7) is 7.37. The van der Waals surface area contributed by atoms with Gasteiger partial charge in [0, 0.05) is 6.54 Å². The predicted octanol–water partition coefficient (Wildman–Crippen LogP) is 2.47. The molecule has 1 heterocycles. The van der Waals surface area contributed by atoms with Gasteiger partial charge in [-0.05, 0) is 32.0 Å². The van der Waals surface area contributed by atoms with Crippen molar-refractivity contribution in [2.24, 2.45) is 11.8 Å². The molecule has 4 heteroatoms. The molecule has 1 unspecified atom stereocenters. The van der Waals surface area contributed by atoms with Crippen LogP contribution in [-0.4, -0.2) is 31.6 Å². The predicted molar refractivity (Wildman–Crippen MR) is 70.1 cm³/mol. The average Bonchev–Trinajstić information content (AvgIpc) is 2.70. The van der Waals surface area contributed by atoms with Crippen molar-refractivity contribution in [2.75, 3.05) is 20.7 Å². The van der Waals surface area contributed by atoms with Crippen molar-refractivity contribution >= 4 is 5.97 Å². The van der Waals surface area contributed by atoms with Gasteiger partial charge in [-0.2, -0.15) is 0 Å². The monoisotopic (exact) mass is 253 g/mol. The standard InChI is InChI=1S/C14H23NO3/c1-10(2)13(14(16)17-5)9-15(4)8-12-7-6-11(3)18-12/h6-7,10,13H,8-9H2,1-5H3. The molecule has 0 aliphatic rings. The Morgan fingerprint density at radius 1 is 1.44 bits per heavy atom. The van der Waals surface area contributed by atoms with E-state index < -0.39 is 0 Å². The van der Waals surface area contributed by atoms with Gasteiger partial charge < -0.3 is 9.15 Å². The van der Waals surface area contributed by atoms with E-state index in [9.17, 15) is 4.79 Å². The Kier molecular flexibility index (Phi) is 5.41. The summed E-state index contributed by atoms with van der Waals surface area (Å²) in [6, 6.07) is 3.91. The first-order valence-electron chi connectivity index (χ1n) is 6.25. The molecule has 18 heavy (non-hydrogen) atoms. The van der Waals surface area contributed by atoms with Crippen molar-refractivity contribution in [3.05, 3.63) is 23.7 Å². The maximum absolute atomic E-state index is 11.7. The number of carbonyl (C=O) groups is 1. The van der Waals surface area contributed by atoms with Gasteiger partial charge in [0.2, 0.25) is 0 Å². The number of carbonyl (C=O) groups excluding carboxylic acids is 1. The van der Waals surface area contributed by atoms with Gasteiger partial charge in [-0.15, -0.1) is 0 Å². The van der Waals surface area contributed by atoms with Crippen LogP contribution in [0.2, 0.25) is 0 Å². The number of aryl methyl sites for hydroxylation is 1. The zero-order valence-electron chi connectivity index (χ0n) is 11.9. The van der Waals surface area contributed by atoms with Crippen LogP contribution in [-0.2, 0) is 16.1 Å². The van der Waals surface area contributed by atoms with Gasteiger partial charge >= 0.3 is 5.97 Å². The number of hydrogen-bond donors (Lipinski definition) is 0. The van der Waals surface area contributed by atoms with Gasteiger partial charge in [0.05, 0.1) is 19.6 Å². The average molecular weight is 253 g/mol. The van der Waals surface area contributed by atoms with Crippen LogP contribution in [0.5, 0.6) is 0 Å². The molecule has 1 rings (SSSR count). The summed E-state index contributed by atoms with van der Waals surface area (Å²) in [7, 11) is 3.42. The first kappa shape index (κ1) is 14.8. The van der Waals surface area contributed by atoms with Crippen molar-refractivity contribution in [2.45, 2.75) is 27.3 Å². The third-order valence-corrected chi connectivity index (χ3v) is 3.04. The molecule has 0 saturated heterocycles. The van der Waals surface area contributed by atoms with Gasteiger partial charge in [-0.25, -0.2) is 0 Å². The lowest BCUT2D eigenvalue weighted by Crippen LogP contribution is -2.34. The highest BCUT2D eigenvalue weighted by atomic mass is 16.5. The molecule has 1 atom stereocenters. The van der Waals surface area contributed by atoms with Crippen molar-refractivity contribution in [3.63, 3.8) is 0 Å². The van der Waals surface area contributed by atoms with E-state index in [2.05, 4.69) is 4.90 Å². The van der Waals surface area contributed by atoms with Gasteiger partial charge in [-0.1, -0.05) is 13.8 Å². The van der Waals surface area contributed by atoms with E-state index in [1.54, 1.807) is 0 Å². The molecule has 1 aromatic heterocycles. The van der Waals surface area contributed by atoms with Crippen LogP contribution < -0.4 is 0 Å². The fraction of sp³-hybridized carbons (Fsp3) is 0.643. The summed E-state index contributed by atoms with van der Waals surface area (Å²) in [5.41, 5.74) is 0. The smallest absolute Gasteiger partial charge is 0.310 e. The summed E-state index contributed by atoms with van der Waals surface area (Å²) in [5, 5.41) is 0. The molecule has 0 saturated carbocycles. The highest BCUT2D eigenvalue weighted by Gasteiger charge is 2.24. The lowest BCUT2D eigenvalue weighted by Gasteiger charge is -2.24. The van der Waals surface area contributed by atoms with Gasteiger partial charge in [0.25, 0.3) is 0 Å². The number of furan rings is 1. The minimum atomic E-state index is -0.146. The number of hydrogen-bond acceptors (Lipinski definition) is 4. The molecule has 0 amide bonds. The van der Waals surface area contributed by atoms with Crippen LogP contribution >= 0.6 is 0 Å². The van der Waals surface area contributed by atoms with Crippen LogP contribution in [0.15, 0.2) is 16.5 Å². The quantitative estimate of drug-likeness (QED) is 0.730. The van der Waals surface area contributed by atoms with E-state index in [0.717, 1.165) is 11.5 Å². The fourth-order valence-corrected chi connectivity index (χ4v) is 1.95. The van der Waals surface area contributed by atoms with E-state index in [0.29, 0.717) is 13.1 Å². The minimum Gasteiger partial charge on any atom is -0.469 e. The lowest BCUT2D eigenvalue weighted by atomic mass is 9.95. The van der Waals surface area contributed by atoms with Crippen molar-refractivity contribution in [3.8, 4) is 0 Å². The van der Waals surface area contributed by atoms with Crippen molar-refractivity contribution in [1.82, 2.24) is 4.90 Å². The Bertz CT molecular complexity index is 384. The molecule has 0 aromatic carbocycles. The largest absolute Gasteiger partial charge is 0.469 e. The fourth-order valence-electron chi connectivity index (χ4n) is 1.95. The molecule has 0 fully saturated rings. The molecule has 0 spiro atoms. The molecular weight excluding hydrogens is 230 g/mol. The maximum atomic E-state index is 11.7. The third-order valence-electron chi connectivity index (χ3n) is 3.04. The van der Waals surface area contributed by atoms with Crippen LogP contribution in [0, 0.1) is 18.8 Å². The Labute approximate surface area is 109 Å². The molecule has 102 valence electrons. The highest BCUT2D eigenvalue weighted by molar-refractivity contribution is 5.72. The zero-order valence-corrected chi connectivity index (χ0v) is 11.9. The van der Waals surface area contributed by atoms with E-state index in [1.807, 2.05) is 40.0 Å². The van der Waals surface area contributed by atoms with Crippen LogP contribution in [0.4, 0.5) is 0 Å². The minimum absolute atomic E-state index is 0.101. The number of ether oxygens (including phenoxy) is 1. The molecule has 1 aromatic rings. The normalized spacial score (nSPS) is 13.1. The van der Waals surface area contributed by atoms with E-state index in [1.165, 1.54) is 7.11 Å². The summed E-state index contributed by atoms with van der Waals surface area (Å²) in [4.78, 5) is 13.8. The second kappa shape index (κ2) is 6.59. The van der Waals surface area contributed by atoms with Crippen LogP contribution in [0.1, 0.15) is 25.4 Å². The first-order valence-corrected chi connectivity index (χ1v) is 6.25. The van der Waals surface area contributed by atoms with E-state index in [-0.39, 0.29) is 17.8 Å². The second-order valence-electron chi connectivity index (χ2n) is 5.08. The first-order chi connectivity index (χ1) is 8.43. The van der Waals surface area contributed by atoms with Crippen molar-refractivity contribution < 1.29 is 13.9 Å². The summed E-state index contributed by atoms with van der Waals surface area (Å²) >= 11 is 0. The Morgan fingerprint density at radius 3 is 2.56 bits per heavy atom. The molecule has 0 radical (unpaired) electrons. The molecular formula is C14H23NO3. The Morgan fingerprint density at radius 2 is 2.11 bits per heavy atom. The van der Waals surface area contributed by atoms with Gasteiger partial charge in [0.15, 0.2) is 0 Å². The van der Waals surface area contributed by atoms with Gasteiger partial charge in [-0.3, -0.25) is 9.69 Å². The summed E-state index contributed by atoms with van der Waals surface area (Å²) in [6.07, 6.45) is 0. The number of nitrogens with zero attached hydrogens (tertiary/aromatic N) is 1. The number of rotatable bonds is 6. The van der Waals surface area contributed by atoms with Gasteiger partial charge in [0.1, 0.15) is 11.5 Å². The van der Waals surface area contributed by atoms with Crippen LogP contribution in [0.3, 0.4) is 0 Å². The number of methoxy groups -OCH3 is 1. The molecule has 0 bridgehead atoms. The highest BCUT2D eigenvalue weighted by Crippen LogP contribution is 2.16. The molecule has 4 nitrogen and oxygen atoms in total. The SMILES string of the molecule is COC(=O)C(CN(C)Cc1ccc(C)o1)C(C)C. The second-order valence-corrected chi connectivity index (χ2v) is 5.08. The summed E-state index contributed by atoms with van der Waals surface area (Å²) < 4.78 is 10.4. The zero-order chi connectivity index (χ0) is 13.7. The topological polar surface area (TPSA) is 42.7 Å². The van der Waals surface area contributed by atoms with Crippen LogP contribution in [0.25, 0.3) is 0 Å². The number of esters is 1. The maximum Gasteiger partial charge on any atom is 0.310 e. The Balaban J connectivity index is 2.56. The molecule has 0 N–H and O–H groups in total. The lowest BCUT2D eigenvalue weighted by molar-refractivity contribution is -0.147. The van der Waals surface area contributed by atoms with Crippen molar-refractivity contribution in [1.29, 1.82) is 0 Å². The molecule has 0 aliphatic heterocycles. The third kappa shape index (κ3) is 4.18.